The van der Waals surface area contributed by atoms with Gasteiger partial charge in [-0.15, -0.1) is 0 Å². The third-order valence-corrected chi connectivity index (χ3v) is 7.67. The second-order valence-corrected chi connectivity index (χ2v) is 10.0. The lowest BCUT2D eigenvalue weighted by Crippen LogP contribution is -2.48. The molecule has 5 heterocycles. The van der Waals surface area contributed by atoms with Crippen molar-refractivity contribution < 1.29 is 19.4 Å². The Bertz CT molecular complexity index is 1050. The standard InChI is InChI=1S/C26H33N5O4/c32-23-8-12-31(26(23)33)19-6-10-30(11-7-19)16-21-13-17-1-3-20(14-24(17)34-21)35-25-4-2-18(15-27-25)22-5-9-28-29-22/h1-4,14-15,19,21-23,28-29,32H,5-13,16H2/t21-,22?,23-/m0/s1. The summed E-state index contributed by atoms with van der Waals surface area (Å²) in [4.78, 5) is 20.9. The number of fused-ring (bicyclic) bond motifs is 1. The van der Waals surface area contributed by atoms with Crippen LogP contribution < -0.4 is 20.3 Å². The van der Waals surface area contributed by atoms with Gasteiger partial charge < -0.3 is 19.5 Å². The number of aliphatic hydroxyl groups is 1. The quantitative estimate of drug-likeness (QED) is 0.577. The minimum Gasteiger partial charge on any atom is -0.488 e. The zero-order chi connectivity index (χ0) is 23.8. The van der Waals surface area contributed by atoms with Crippen LogP contribution >= 0.6 is 0 Å². The Morgan fingerprint density at radius 2 is 2.00 bits per heavy atom. The molecule has 0 aliphatic carbocycles. The third kappa shape index (κ3) is 4.86. The van der Waals surface area contributed by atoms with Gasteiger partial charge in [-0.3, -0.25) is 20.5 Å². The van der Waals surface area contributed by atoms with Crippen LogP contribution in [0.3, 0.4) is 0 Å². The van der Waals surface area contributed by atoms with Gasteiger partial charge in [-0.1, -0.05) is 12.1 Å². The highest BCUT2D eigenvalue weighted by Gasteiger charge is 2.36. The van der Waals surface area contributed by atoms with Gasteiger partial charge in [0.1, 0.15) is 23.7 Å². The maximum absolute atomic E-state index is 12.1. The Morgan fingerprint density at radius 3 is 2.71 bits per heavy atom. The molecule has 35 heavy (non-hydrogen) atoms. The second kappa shape index (κ2) is 9.73. The van der Waals surface area contributed by atoms with E-state index >= 15 is 0 Å². The summed E-state index contributed by atoms with van der Waals surface area (Å²) in [5.41, 5.74) is 8.75. The van der Waals surface area contributed by atoms with Crippen LogP contribution in [0.2, 0.25) is 0 Å². The number of hydrogen-bond acceptors (Lipinski definition) is 8. The summed E-state index contributed by atoms with van der Waals surface area (Å²) in [5.74, 6) is 2.09. The lowest BCUT2D eigenvalue weighted by Gasteiger charge is -2.37. The first-order valence-corrected chi connectivity index (χ1v) is 12.7. The van der Waals surface area contributed by atoms with Crippen LogP contribution in [0.15, 0.2) is 36.5 Å². The molecular formula is C26H33N5O4. The molecule has 0 spiro atoms. The van der Waals surface area contributed by atoms with Crippen molar-refractivity contribution in [3.63, 3.8) is 0 Å². The summed E-state index contributed by atoms with van der Waals surface area (Å²) in [6.07, 6.45) is 5.60. The van der Waals surface area contributed by atoms with Gasteiger partial charge in [0.25, 0.3) is 5.91 Å². The molecule has 1 unspecified atom stereocenters. The van der Waals surface area contributed by atoms with Gasteiger partial charge in [0.05, 0.1) is 0 Å². The number of rotatable bonds is 6. The highest BCUT2D eigenvalue weighted by molar-refractivity contribution is 5.83. The van der Waals surface area contributed by atoms with Gasteiger partial charge >= 0.3 is 0 Å². The number of pyridine rings is 1. The minimum absolute atomic E-state index is 0.0923. The van der Waals surface area contributed by atoms with Crippen molar-refractivity contribution in [2.24, 2.45) is 0 Å². The van der Waals surface area contributed by atoms with Gasteiger partial charge in [0.15, 0.2) is 0 Å². The number of amides is 1. The number of piperidine rings is 1. The van der Waals surface area contributed by atoms with Crippen molar-refractivity contribution >= 4 is 5.91 Å². The highest BCUT2D eigenvalue weighted by atomic mass is 16.5. The molecule has 9 nitrogen and oxygen atoms in total. The van der Waals surface area contributed by atoms with Crippen molar-refractivity contribution in [1.82, 2.24) is 25.6 Å². The van der Waals surface area contributed by atoms with E-state index in [1.807, 2.05) is 29.3 Å². The van der Waals surface area contributed by atoms with Crippen molar-refractivity contribution in [3.8, 4) is 17.4 Å². The van der Waals surface area contributed by atoms with Crippen LogP contribution in [0.5, 0.6) is 17.4 Å². The van der Waals surface area contributed by atoms with E-state index in [9.17, 15) is 9.90 Å². The predicted octanol–water partition coefficient (Wildman–Crippen LogP) is 1.77. The summed E-state index contributed by atoms with van der Waals surface area (Å²) in [5, 5.41) is 9.75. The first-order chi connectivity index (χ1) is 17.1. The number of carbonyl (C=O) groups excluding carboxylic acids is 1. The molecule has 0 bridgehead atoms. The molecule has 2 aromatic rings. The number of aliphatic hydroxyl groups excluding tert-OH is 1. The van der Waals surface area contributed by atoms with E-state index in [-0.39, 0.29) is 18.1 Å². The number of likely N-dealkylation sites (tertiary alicyclic amines) is 2. The first kappa shape index (κ1) is 22.7. The normalized spacial score (nSPS) is 27.3. The van der Waals surface area contributed by atoms with Gasteiger partial charge in [0, 0.05) is 69.6 Å². The fourth-order valence-corrected chi connectivity index (χ4v) is 5.71. The van der Waals surface area contributed by atoms with Gasteiger partial charge in [-0.05, 0) is 42.9 Å². The third-order valence-electron chi connectivity index (χ3n) is 7.67. The SMILES string of the molecule is O=C1[C@@H](O)CCN1C1CCN(C[C@@H]2Cc3ccc(Oc4ccc(C5CCNN5)cn4)cc3O2)CC1. The molecular weight excluding hydrogens is 446 g/mol. The smallest absolute Gasteiger partial charge is 0.251 e. The Balaban J connectivity index is 1.00. The fraction of sp³-hybridized carbons (Fsp3) is 0.538. The molecule has 4 aliphatic rings. The number of carbonyl (C=O) groups is 1. The van der Waals surface area contributed by atoms with E-state index in [2.05, 4.69) is 32.9 Å². The van der Waals surface area contributed by atoms with Crippen LogP contribution in [-0.4, -0.2) is 76.8 Å². The van der Waals surface area contributed by atoms with Crippen LogP contribution in [0.4, 0.5) is 0 Å². The number of nitrogens with one attached hydrogen (secondary N) is 2. The summed E-state index contributed by atoms with van der Waals surface area (Å²) in [6.45, 7) is 4.42. The molecule has 0 radical (unpaired) electrons. The average molecular weight is 480 g/mol. The molecule has 9 heteroatoms. The number of hydrogen-bond donors (Lipinski definition) is 3. The molecule has 3 atom stereocenters. The van der Waals surface area contributed by atoms with Crippen LogP contribution in [0, 0.1) is 0 Å². The van der Waals surface area contributed by atoms with Crippen molar-refractivity contribution in [1.29, 1.82) is 0 Å². The molecule has 1 aromatic heterocycles. The van der Waals surface area contributed by atoms with E-state index < -0.39 is 6.10 Å². The Morgan fingerprint density at radius 1 is 1.11 bits per heavy atom. The highest BCUT2D eigenvalue weighted by Crippen LogP contribution is 2.35. The number of nitrogens with zero attached hydrogens (tertiary/aromatic N) is 3. The van der Waals surface area contributed by atoms with E-state index in [0.717, 1.165) is 68.9 Å². The molecule has 6 rings (SSSR count). The molecule has 0 saturated carbocycles. The Hall–Kier alpha value is -2.72. The molecule has 3 saturated heterocycles. The Kier molecular flexibility index (Phi) is 6.32. The number of ether oxygens (including phenoxy) is 2. The molecule has 186 valence electrons. The summed E-state index contributed by atoms with van der Waals surface area (Å²) in [7, 11) is 0. The lowest BCUT2D eigenvalue weighted by atomic mass is 10.0. The van der Waals surface area contributed by atoms with Crippen molar-refractivity contribution in [2.45, 2.75) is 56.4 Å². The van der Waals surface area contributed by atoms with E-state index in [1.54, 1.807) is 0 Å². The van der Waals surface area contributed by atoms with E-state index in [1.165, 1.54) is 5.56 Å². The van der Waals surface area contributed by atoms with E-state index in [4.69, 9.17) is 9.47 Å². The van der Waals surface area contributed by atoms with Crippen LogP contribution in [0.25, 0.3) is 0 Å². The fourth-order valence-electron chi connectivity index (χ4n) is 5.71. The average Bonchev–Trinajstić information content (AvgIpc) is 3.61. The molecule has 3 fully saturated rings. The zero-order valence-electron chi connectivity index (χ0n) is 19.9. The molecule has 1 amide bonds. The second-order valence-electron chi connectivity index (χ2n) is 10.0. The summed E-state index contributed by atoms with van der Waals surface area (Å²) in [6, 6.07) is 10.5. The van der Waals surface area contributed by atoms with Gasteiger partial charge in [-0.25, -0.2) is 4.98 Å². The maximum atomic E-state index is 12.1. The van der Waals surface area contributed by atoms with Crippen LogP contribution in [0.1, 0.15) is 42.9 Å². The molecule has 3 N–H and O–H groups in total. The number of hydrazine groups is 1. The van der Waals surface area contributed by atoms with Gasteiger partial charge in [-0.2, -0.15) is 0 Å². The topological polar surface area (TPSA) is 99.2 Å². The summed E-state index contributed by atoms with van der Waals surface area (Å²) < 4.78 is 12.3. The van der Waals surface area contributed by atoms with Gasteiger partial charge in [0.2, 0.25) is 5.88 Å². The Labute approximate surface area is 205 Å². The molecule has 1 aromatic carbocycles. The predicted molar refractivity (Wildman–Crippen MR) is 129 cm³/mol. The molecule has 4 aliphatic heterocycles. The number of benzene rings is 1. The van der Waals surface area contributed by atoms with E-state index in [0.29, 0.717) is 24.9 Å². The maximum Gasteiger partial charge on any atom is 0.251 e. The largest absolute Gasteiger partial charge is 0.488 e. The zero-order valence-corrected chi connectivity index (χ0v) is 19.9. The lowest BCUT2D eigenvalue weighted by molar-refractivity contribution is -0.137. The van der Waals surface area contributed by atoms with Crippen molar-refractivity contribution in [2.75, 3.05) is 32.7 Å². The number of aromatic nitrogens is 1. The minimum atomic E-state index is -0.797. The summed E-state index contributed by atoms with van der Waals surface area (Å²) >= 11 is 0. The first-order valence-electron chi connectivity index (χ1n) is 12.7. The van der Waals surface area contributed by atoms with Crippen molar-refractivity contribution in [3.05, 3.63) is 47.7 Å². The van der Waals surface area contributed by atoms with Crippen LogP contribution in [-0.2, 0) is 11.2 Å². The monoisotopic (exact) mass is 479 g/mol.